The highest BCUT2D eigenvalue weighted by Gasteiger charge is 2.13. The van der Waals surface area contributed by atoms with Crippen LogP contribution in [0, 0.1) is 5.82 Å². The van der Waals surface area contributed by atoms with Gasteiger partial charge in [-0.1, -0.05) is 18.2 Å². The van der Waals surface area contributed by atoms with Crippen LogP contribution in [0.15, 0.2) is 66.6 Å². The fourth-order valence-electron chi connectivity index (χ4n) is 2.52. The Morgan fingerprint density at radius 3 is 2.77 bits per heavy atom. The van der Waals surface area contributed by atoms with E-state index in [1.807, 2.05) is 23.6 Å². The van der Waals surface area contributed by atoms with Gasteiger partial charge in [0.25, 0.3) is 0 Å². The van der Waals surface area contributed by atoms with Crippen LogP contribution < -0.4 is 5.32 Å². The average Bonchev–Trinajstić information content (AvgIpc) is 3.22. The number of rotatable bonds is 5. The molecule has 0 aliphatic carbocycles. The van der Waals surface area contributed by atoms with E-state index in [1.54, 1.807) is 42.2 Å². The number of hydrogen-bond donors (Lipinski definition) is 1. The van der Waals surface area contributed by atoms with Gasteiger partial charge in [-0.15, -0.1) is 11.3 Å². The second-order valence-electron chi connectivity index (χ2n) is 5.51. The molecule has 0 fully saturated rings. The van der Waals surface area contributed by atoms with E-state index in [0.717, 1.165) is 21.7 Å². The number of benzene rings is 1. The second kappa shape index (κ2) is 7.37. The Bertz CT molecular complexity index is 1010. The molecule has 0 unspecified atom stereocenters. The Labute approximate surface area is 153 Å². The lowest BCUT2D eigenvalue weighted by Gasteiger charge is -2.10. The third-order valence-electron chi connectivity index (χ3n) is 3.72. The van der Waals surface area contributed by atoms with Crippen LogP contribution >= 0.6 is 11.3 Å². The zero-order valence-electron chi connectivity index (χ0n) is 13.6. The summed E-state index contributed by atoms with van der Waals surface area (Å²) in [6.45, 7) is 0.437. The normalized spacial score (nSPS) is 10.7. The molecular formula is C19H14FN5S. The van der Waals surface area contributed by atoms with Gasteiger partial charge in [0, 0.05) is 30.7 Å². The van der Waals surface area contributed by atoms with Gasteiger partial charge in [0.1, 0.15) is 5.82 Å². The van der Waals surface area contributed by atoms with Gasteiger partial charge >= 0.3 is 0 Å². The summed E-state index contributed by atoms with van der Waals surface area (Å²) in [5, 5.41) is 5.15. The molecule has 0 amide bonds. The van der Waals surface area contributed by atoms with Crippen molar-refractivity contribution in [2.24, 2.45) is 0 Å². The molecule has 3 heterocycles. The van der Waals surface area contributed by atoms with Gasteiger partial charge in [-0.05, 0) is 29.1 Å². The molecule has 4 rings (SSSR count). The molecule has 0 spiro atoms. The molecule has 1 N–H and O–H groups in total. The molecule has 0 saturated carbocycles. The van der Waals surface area contributed by atoms with E-state index >= 15 is 0 Å². The van der Waals surface area contributed by atoms with Crippen molar-refractivity contribution in [1.82, 2.24) is 19.9 Å². The van der Waals surface area contributed by atoms with Crippen molar-refractivity contribution in [2.45, 2.75) is 6.54 Å². The third kappa shape index (κ3) is 3.57. The van der Waals surface area contributed by atoms with Crippen LogP contribution in [0.4, 0.5) is 10.3 Å². The average molecular weight is 363 g/mol. The van der Waals surface area contributed by atoms with Crippen LogP contribution in [0.25, 0.3) is 21.8 Å². The summed E-state index contributed by atoms with van der Waals surface area (Å²) in [7, 11) is 0. The van der Waals surface area contributed by atoms with Crippen molar-refractivity contribution in [3.8, 4) is 21.8 Å². The van der Waals surface area contributed by atoms with Crippen LogP contribution in [0.1, 0.15) is 5.56 Å². The third-order valence-corrected chi connectivity index (χ3v) is 4.60. The van der Waals surface area contributed by atoms with E-state index < -0.39 is 0 Å². The van der Waals surface area contributed by atoms with Crippen LogP contribution in [0.3, 0.4) is 0 Å². The number of thiophene rings is 1. The Hall–Kier alpha value is -3.19. The lowest BCUT2D eigenvalue weighted by Crippen LogP contribution is -2.05. The highest BCUT2D eigenvalue weighted by Crippen LogP contribution is 2.32. The maximum Gasteiger partial charge on any atom is 0.223 e. The second-order valence-corrected chi connectivity index (χ2v) is 6.46. The lowest BCUT2D eigenvalue weighted by atomic mass is 10.1. The summed E-state index contributed by atoms with van der Waals surface area (Å²) < 4.78 is 13.3. The molecule has 5 nitrogen and oxygen atoms in total. The molecule has 4 aromatic rings. The van der Waals surface area contributed by atoms with E-state index in [4.69, 9.17) is 0 Å². The summed E-state index contributed by atoms with van der Waals surface area (Å²) >= 11 is 1.59. The number of anilines is 1. The van der Waals surface area contributed by atoms with Crippen molar-refractivity contribution >= 4 is 17.3 Å². The Morgan fingerprint density at radius 1 is 1.04 bits per heavy atom. The predicted molar refractivity (Wildman–Crippen MR) is 100 cm³/mol. The molecule has 0 atom stereocenters. The minimum absolute atomic E-state index is 0.262. The number of hydrogen-bond acceptors (Lipinski definition) is 6. The van der Waals surface area contributed by atoms with Gasteiger partial charge in [0.2, 0.25) is 5.95 Å². The topological polar surface area (TPSA) is 63.6 Å². The van der Waals surface area contributed by atoms with Crippen molar-refractivity contribution in [1.29, 1.82) is 0 Å². The number of nitrogens with zero attached hydrogens (tertiary/aromatic N) is 4. The minimum Gasteiger partial charge on any atom is -0.350 e. The molecule has 0 saturated heterocycles. The van der Waals surface area contributed by atoms with Crippen LogP contribution in [0.5, 0.6) is 0 Å². The smallest absolute Gasteiger partial charge is 0.223 e. The molecule has 128 valence electrons. The van der Waals surface area contributed by atoms with Gasteiger partial charge in [-0.25, -0.2) is 14.4 Å². The maximum absolute atomic E-state index is 13.3. The van der Waals surface area contributed by atoms with Crippen molar-refractivity contribution < 1.29 is 4.39 Å². The zero-order valence-corrected chi connectivity index (χ0v) is 14.4. The summed E-state index contributed by atoms with van der Waals surface area (Å²) in [5.41, 5.74) is 3.14. The first-order chi connectivity index (χ1) is 12.8. The monoisotopic (exact) mass is 363 g/mol. The van der Waals surface area contributed by atoms with E-state index in [2.05, 4.69) is 25.3 Å². The SMILES string of the molecule is Fc1cccc(CNc2ncc(-c3cnccn3)c(-c3cccs3)n2)c1. The molecule has 1 aromatic carbocycles. The quantitative estimate of drug-likeness (QED) is 0.569. The Balaban J connectivity index is 1.66. The van der Waals surface area contributed by atoms with E-state index in [-0.39, 0.29) is 5.82 Å². The van der Waals surface area contributed by atoms with E-state index in [1.165, 1.54) is 12.1 Å². The van der Waals surface area contributed by atoms with Crippen LogP contribution in [0.2, 0.25) is 0 Å². The summed E-state index contributed by atoms with van der Waals surface area (Å²) in [4.78, 5) is 18.5. The van der Waals surface area contributed by atoms with Crippen LogP contribution in [-0.4, -0.2) is 19.9 Å². The molecule has 0 radical (unpaired) electrons. The molecule has 0 bridgehead atoms. The van der Waals surface area contributed by atoms with E-state index in [0.29, 0.717) is 18.2 Å². The number of halogens is 1. The summed E-state index contributed by atoms with van der Waals surface area (Å²) in [6, 6.07) is 10.4. The highest BCUT2D eigenvalue weighted by molar-refractivity contribution is 7.13. The molecular weight excluding hydrogens is 349 g/mol. The van der Waals surface area contributed by atoms with Crippen molar-refractivity contribution in [3.63, 3.8) is 0 Å². The Morgan fingerprint density at radius 2 is 2.00 bits per heavy atom. The molecule has 26 heavy (non-hydrogen) atoms. The summed E-state index contributed by atoms with van der Waals surface area (Å²) in [5.74, 6) is 0.216. The van der Waals surface area contributed by atoms with E-state index in [9.17, 15) is 4.39 Å². The highest BCUT2D eigenvalue weighted by atomic mass is 32.1. The van der Waals surface area contributed by atoms with Gasteiger partial charge in [0.15, 0.2) is 0 Å². The fraction of sp³-hybridized carbons (Fsp3) is 0.0526. The lowest BCUT2D eigenvalue weighted by molar-refractivity contribution is 0.626. The van der Waals surface area contributed by atoms with Gasteiger partial charge in [-0.3, -0.25) is 9.97 Å². The van der Waals surface area contributed by atoms with Crippen molar-refractivity contribution in [3.05, 3.63) is 77.9 Å². The van der Waals surface area contributed by atoms with Crippen molar-refractivity contribution in [2.75, 3.05) is 5.32 Å². The molecule has 0 aliphatic heterocycles. The first kappa shape index (κ1) is 16.3. The molecule has 3 aromatic heterocycles. The van der Waals surface area contributed by atoms with Crippen LogP contribution in [-0.2, 0) is 6.54 Å². The first-order valence-corrected chi connectivity index (χ1v) is 8.83. The van der Waals surface area contributed by atoms with Gasteiger partial charge in [0.05, 0.1) is 22.5 Å². The number of nitrogens with one attached hydrogen (secondary N) is 1. The van der Waals surface area contributed by atoms with Gasteiger partial charge in [-0.2, -0.15) is 0 Å². The maximum atomic E-state index is 13.3. The molecule has 7 heteroatoms. The standard InChI is InChI=1S/C19H14FN5S/c20-14-4-1-3-13(9-14)10-23-19-24-11-15(16-12-21-6-7-22-16)18(25-19)17-5-2-8-26-17/h1-9,11-12H,10H2,(H,23,24,25). The summed E-state index contributed by atoms with van der Waals surface area (Å²) in [6.07, 6.45) is 6.70. The minimum atomic E-state index is -0.262. The van der Waals surface area contributed by atoms with Gasteiger partial charge < -0.3 is 5.32 Å². The number of aromatic nitrogens is 4. The largest absolute Gasteiger partial charge is 0.350 e. The predicted octanol–water partition coefficient (Wildman–Crippen LogP) is 4.41. The zero-order chi connectivity index (χ0) is 17.8. The molecule has 0 aliphatic rings. The Kier molecular flexibility index (Phi) is 4.61. The fourth-order valence-corrected chi connectivity index (χ4v) is 3.25. The first-order valence-electron chi connectivity index (χ1n) is 7.95.